The first-order chi connectivity index (χ1) is 17.5. The largest absolute Gasteiger partial charge is 0.416 e. The van der Waals surface area contributed by atoms with Crippen molar-refractivity contribution < 1.29 is 32.6 Å². The highest BCUT2D eigenvalue weighted by molar-refractivity contribution is 5.93. The minimum absolute atomic E-state index is 0.0130. The quantitative estimate of drug-likeness (QED) is 0.610. The van der Waals surface area contributed by atoms with E-state index in [0.717, 1.165) is 12.1 Å². The third kappa shape index (κ3) is 6.79. The molecule has 4 rings (SSSR count). The molecule has 37 heavy (non-hydrogen) atoms. The van der Waals surface area contributed by atoms with Crippen molar-refractivity contribution in [3.63, 3.8) is 0 Å². The lowest BCUT2D eigenvalue weighted by Gasteiger charge is -2.41. The van der Waals surface area contributed by atoms with Crippen LogP contribution in [0, 0.1) is 0 Å². The van der Waals surface area contributed by atoms with Crippen LogP contribution in [0.15, 0.2) is 48.5 Å². The van der Waals surface area contributed by atoms with Crippen molar-refractivity contribution in [1.82, 2.24) is 9.80 Å². The summed E-state index contributed by atoms with van der Waals surface area (Å²) in [5.41, 5.74) is 4.69. The molecule has 0 atom stereocenters. The van der Waals surface area contributed by atoms with E-state index in [4.69, 9.17) is 10.5 Å². The molecular weight excluding hydrogens is 489 g/mol. The Morgan fingerprint density at radius 1 is 1.03 bits per heavy atom. The Hall–Kier alpha value is -3.15. The Morgan fingerprint density at radius 2 is 1.68 bits per heavy atom. The number of piperazine rings is 1. The molecule has 0 unspecified atom stereocenters. The van der Waals surface area contributed by atoms with Crippen LogP contribution < -0.4 is 10.6 Å². The number of hydrogen-bond acceptors (Lipinski definition) is 5. The number of nitrogens with two attached hydrogens (primary N) is 1. The standard InChI is InChI=1S/C26H31F3N4O4/c27-26(28,29)21-2-1-3-22(16-21)33(17-19-4-6-20(7-5-19)23(30)34)24(35)32-12-10-31(11-13-32)18-25(36)8-14-37-15-9-25/h1-7,16,36H,8-15,17-18H2,(H2,30,34). The molecule has 0 bridgehead atoms. The summed E-state index contributed by atoms with van der Waals surface area (Å²) < 4.78 is 45.6. The van der Waals surface area contributed by atoms with Crippen molar-refractivity contribution in [2.75, 3.05) is 50.8 Å². The number of rotatable bonds is 6. The van der Waals surface area contributed by atoms with Crippen LogP contribution in [-0.2, 0) is 17.5 Å². The van der Waals surface area contributed by atoms with Gasteiger partial charge in [-0.1, -0.05) is 18.2 Å². The molecule has 0 saturated carbocycles. The third-order valence-corrected chi connectivity index (χ3v) is 6.88. The molecule has 0 aromatic heterocycles. The molecule has 8 nitrogen and oxygen atoms in total. The first-order valence-corrected chi connectivity index (χ1v) is 12.2. The predicted molar refractivity (Wildman–Crippen MR) is 131 cm³/mol. The Morgan fingerprint density at radius 3 is 2.27 bits per heavy atom. The minimum Gasteiger partial charge on any atom is -0.388 e. The number of carbonyl (C=O) groups is 2. The maximum absolute atomic E-state index is 13.6. The molecule has 0 radical (unpaired) electrons. The molecule has 2 fully saturated rings. The highest BCUT2D eigenvalue weighted by Crippen LogP contribution is 2.32. The number of anilines is 1. The number of benzene rings is 2. The van der Waals surface area contributed by atoms with Crippen molar-refractivity contribution in [2.24, 2.45) is 5.73 Å². The fraction of sp³-hybridized carbons (Fsp3) is 0.462. The number of ether oxygens (including phenoxy) is 1. The van der Waals surface area contributed by atoms with Gasteiger partial charge in [0.25, 0.3) is 0 Å². The van der Waals surface area contributed by atoms with E-state index in [1.807, 2.05) is 0 Å². The van der Waals surface area contributed by atoms with E-state index in [1.54, 1.807) is 17.0 Å². The van der Waals surface area contributed by atoms with Crippen molar-refractivity contribution in [3.8, 4) is 0 Å². The summed E-state index contributed by atoms with van der Waals surface area (Å²) >= 11 is 0. The molecule has 200 valence electrons. The van der Waals surface area contributed by atoms with Gasteiger partial charge < -0.3 is 20.5 Å². The molecule has 2 aliphatic heterocycles. The smallest absolute Gasteiger partial charge is 0.388 e. The van der Waals surface area contributed by atoms with Gasteiger partial charge in [-0.25, -0.2) is 4.79 Å². The molecule has 2 aliphatic rings. The summed E-state index contributed by atoms with van der Waals surface area (Å²) in [5, 5.41) is 10.8. The van der Waals surface area contributed by atoms with E-state index in [-0.39, 0.29) is 12.2 Å². The molecule has 2 heterocycles. The van der Waals surface area contributed by atoms with Gasteiger partial charge in [0, 0.05) is 70.0 Å². The second-order valence-electron chi connectivity index (χ2n) is 9.58. The molecule has 3 amide bonds. The SMILES string of the molecule is NC(=O)c1ccc(CN(C(=O)N2CCN(CC3(O)CCOCC3)CC2)c2cccc(C(F)(F)F)c2)cc1. The van der Waals surface area contributed by atoms with Gasteiger partial charge in [-0.3, -0.25) is 14.6 Å². The molecule has 0 aliphatic carbocycles. The molecule has 11 heteroatoms. The number of carbonyl (C=O) groups excluding carboxylic acids is 2. The van der Waals surface area contributed by atoms with Crippen LogP contribution in [0.2, 0.25) is 0 Å². The van der Waals surface area contributed by atoms with Crippen molar-refractivity contribution >= 4 is 17.6 Å². The number of aliphatic hydroxyl groups is 1. The van der Waals surface area contributed by atoms with Crippen molar-refractivity contribution in [3.05, 3.63) is 65.2 Å². The number of β-amino-alcohol motifs (C(OH)–C–C–N with tert-alkyl or cyclic N) is 1. The first kappa shape index (κ1) is 26.9. The van der Waals surface area contributed by atoms with Crippen LogP contribution in [-0.4, -0.2) is 78.4 Å². The Balaban J connectivity index is 1.50. The van der Waals surface area contributed by atoms with Crippen molar-refractivity contribution in [2.45, 2.75) is 31.2 Å². The van der Waals surface area contributed by atoms with Gasteiger partial charge in [0.1, 0.15) is 0 Å². The van der Waals surface area contributed by atoms with Gasteiger partial charge in [0.2, 0.25) is 5.91 Å². The molecule has 0 spiro atoms. The number of hydrogen-bond donors (Lipinski definition) is 2. The van der Waals surface area contributed by atoms with Crippen LogP contribution in [0.4, 0.5) is 23.7 Å². The Bertz CT molecular complexity index is 1100. The monoisotopic (exact) mass is 520 g/mol. The van der Waals surface area contributed by atoms with Crippen molar-refractivity contribution in [1.29, 1.82) is 0 Å². The van der Waals surface area contributed by atoms with Crippen LogP contribution in [0.1, 0.15) is 34.3 Å². The number of amides is 3. The summed E-state index contributed by atoms with van der Waals surface area (Å²) in [4.78, 5) is 30.0. The average Bonchev–Trinajstić information content (AvgIpc) is 2.87. The fourth-order valence-electron chi connectivity index (χ4n) is 4.67. The van der Waals surface area contributed by atoms with E-state index in [9.17, 15) is 27.9 Å². The number of alkyl halides is 3. The number of nitrogens with zero attached hydrogens (tertiary/aromatic N) is 3. The van der Waals surface area contributed by atoms with E-state index < -0.39 is 29.3 Å². The summed E-state index contributed by atoms with van der Waals surface area (Å²) in [6.07, 6.45) is -3.43. The second-order valence-corrected chi connectivity index (χ2v) is 9.58. The van der Waals surface area contributed by atoms with Gasteiger partial charge in [-0.05, 0) is 35.9 Å². The zero-order valence-electron chi connectivity index (χ0n) is 20.4. The lowest BCUT2D eigenvalue weighted by atomic mass is 9.93. The zero-order chi connectivity index (χ0) is 26.6. The van der Waals surface area contributed by atoms with Gasteiger partial charge in [0.15, 0.2) is 0 Å². The average molecular weight is 521 g/mol. The van der Waals surface area contributed by atoms with E-state index in [1.165, 1.54) is 29.2 Å². The fourth-order valence-corrected chi connectivity index (χ4v) is 4.67. The maximum Gasteiger partial charge on any atom is 0.416 e. The number of primary amides is 1. The highest BCUT2D eigenvalue weighted by Gasteiger charge is 2.35. The van der Waals surface area contributed by atoms with Crippen LogP contribution in [0.25, 0.3) is 0 Å². The normalized spacial score (nSPS) is 18.4. The Kier molecular flexibility index (Phi) is 8.05. The molecule has 2 aromatic rings. The number of halogens is 3. The lowest BCUT2D eigenvalue weighted by Crippen LogP contribution is -2.56. The molecular formula is C26H31F3N4O4. The molecule has 2 saturated heterocycles. The van der Waals surface area contributed by atoms with E-state index in [0.29, 0.717) is 69.9 Å². The topological polar surface area (TPSA) is 99.3 Å². The van der Waals surface area contributed by atoms with Gasteiger partial charge in [-0.15, -0.1) is 0 Å². The predicted octanol–water partition coefficient (Wildman–Crippen LogP) is 3.09. The van der Waals surface area contributed by atoms with Gasteiger partial charge in [0.05, 0.1) is 17.7 Å². The molecule has 2 aromatic carbocycles. The summed E-state index contributed by atoms with van der Waals surface area (Å²) in [7, 11) is 0. The third-order valence-electron chi connectivity index (χ3n) is 6.88. The van der Waals surface area contributed by atoms with Crippen LogP contribution in [0.5, 0.6) is 0 Å². The van der Waals surface area contributed by atoms with Crippen LogP contribution >= 0.6 is 0 Å². The summed E-state index contributed by atoms with van der Waals surface area (Å²) in [6, 6.07) is 10.6. The maximum atomic E-state index is 13.6. The lowest BCUT2D eigenvalue weighted by molar-refractivity contribution is -0.137. The summed E-state index contributed by atoms with van der Waals surface area (Å²) in [5.74, 6) is -0.597. The first-order valence-electron chi connectivity index (χ1n) is 12.2. The number of urea groups is 1. The van der Waals surface area contributed by atoms with Gasteiger partial charge in [-0.2, -0.15) is 13.2 Å². The van der Waals surface area contributed by atoms with E-state index in [2.05, 4.69) is 4.90 Å². The van der Waals surface area contributed by atoms with E-state index >= 15 is 0 Å². The minimum atomic E-state index is -4.55. The van der Waals surface area contributed by atoms with Crippen LogP contribution in [0.3, 0.4) is 0 Å². The second kappa shape index (κ2) is 11.1. The molecule has 3 N–H and O–H groups in total. The van der Waals surface area contributed by atoms with Gasteiger partial charge >= 0.3 is 12.2 Å². The highest BCUT2D eigenvalue weighted by atomic mass is 19.4. The zero-order valence-corrected chi connectivity index (χ0v) is 20.4. The Labute approximate surface area is 213 Å². The summed E-state index contributed by atoms with van der Waals surface area (Å²) in [6.45, 7) is 3.37.